The maximum atomic E-state index is 10.2. The number of carboxylic acids is 1. The molecule has 1 rings (SSSR count). The van der Waals surface area contributed by atoms with Crippen LogP contribution in [0.4, 0.5) is 0 Å². The molecule has 1 saturated heterocycles. The number of ether oxygens (including phenoxy) is 1. The van der Waals surface area contributed by atoms with Crippen molar-refractivity contribution >= 4 is 5.97 Å². The first kappa shape index (κ1) is 8.53. The molecule has 1 aliphatic heterocycles. The van der Waals surface area contributed by atoms with Crippen molar-refractivity contribution in [3.05, 3.63) is 0 Å². The zero-order valence-corrected chi connectivity index (χ0v) is 6.80. The first-order valence-electron chi connectivity index (χ1n) is 4.04. The highest BCUT2D eigenvalue weighted by atomic mass is 16.5. The van der Waals surface area contributed by atoms with Gasteiger partial charge in [-0.3, -0.25) is 4.79 Å². The number of hydrogen-bond acceptors (Lipinski definition) is 2. The molecule has 64 valence electrons. The van der Waals surface area contributed by atoms with Crippen molar-refractivity contribution in [2.24, 2.45) is 0 Å². The van der Waals surface area contributed by atoms with E-state index in [2.05, 4.69) is 0 Å². The van der Waals surface area contributed by atoms with Gasteiger partial charge in [-0.2, -0.15) is 0 Å². The lowest BCUT2D eigenvalue weighted by Gasteiger charge is -2.41. The molecule has 0 bridgehead atoms. The Labute approximate surface area is 66.4 Å². The molecule has 3 heteroatoms. The normalized spacial score (nSPS) is 29.5. The van der Waals surface area contributed by atoms with Crippen molar-refractivity contribution in [2.45, 2.75) is 38.2 Å². The summed E-state index contributed by atoms with van der Waals surface area (Å²) in [4.78, 5) is 10.2. The second kappa shape index (κ2) is 3.22. The minimum absolute atomic E-state index is 0.0849. The number of hydrogen-bond donors (Lipinski definition) is 1. The van der Waals surface area contributed by atoms with Crippen LogP contribution in [0.25, 0.3) is 0 Å². The van der Waals surface area contributed by atoms with Gasteiger partial charge in [-0.1, -0.05) is 6.92 Å². The van der Waals surface area contributed by atoms with Crippen LogP contribution < -0.4 is 0 Å². The zero-order valence-electron chi connectivity index (χ0n) is 6.80. The summed E-state index contributed by atoms with van der Waals surface area (Å²) in [6, 6.07) is 0. The van der Waals surface area contributed by atoms with Crippen LogP contribution in [0.1, 0.15) is 32.6 Å². The Balaban J connectivity index is 2.27. The van der Waals surface area contributed by atoms with Gasteiger partial charge in [0, 0.05) is 6.42 Å². The summed E-state index contributed by atoms with van der Waals surface area (Å²) in [5.41, 5.74) is -0.0849. The smallest absolute Gasteiger partial charge is 0.303 e. The SMILES string of the molecule is CCC1(CCC(=O)O)CCO1. The van der Waals surface area contributed by atoms with E-state index in [1.165, 1.54) is 0 Å². The molecule has 0 aliphatic carbocycles. The predicted octanol–water partition coefficient (Wildman–Crippen LogP) is 1.42. The molecule has 0 saturated carbocycles. The molecule has 1 aliphatic rings. The predicted molar refractivity (Wildman–Crippen MR) is 40.5 cm³/mol. The average molecular weight is 158 g/mol. The van der Waals surface area contributed by atoms with Crippen molar-refractivity contribution in [1.82, 2.24) is 0 Å². The maximum absolute atomic E-state index is 10.2. The number of carboxylic acid groups (broad SMARTS) is 1. The van der Waals surface area contributed by atoms with Gasteiger partial charge in [-0.25, -0.2) is 0 Å². The first-order chi connectivity index (χ1) is 5.18. The Morgan fingerprint density at radius 2 is 2.36 bits per heavy atom. The molecule has 1 heterocycles. The zero-order chi connectivity index (χ0) is 8.32. The largest absolute Gasteiger partial charge is 0.481 e. The van der Waals surface area contributed by atoms with E-state index < -0.39 is 5.97 Å². The molecule has 0 aromatic heterocycles. The van der Waals surface area contributed by atoms with E-state index in [1.807, 2.05) is 6.92 Å². The molecule has 11 heavy (non-hydrogen) atoms. The van der Waals surface area contributed by atoms with E-state index >= 15 is 0 Å². The number of carbonyl (C=O) groups is 1. The third kappa shape index (κ3) is 1.93. The van der Waals surface area contributed by atoms with Gasteiger partial charge in [0.25, 0.3) is 0 Å². The lowest BCUT2D eigenvalue weighted by Crippen LogP contribution is -2.43. The molecule has 0 spiro atoms. The lowest BCUT2D eigenvalue weighted by molar-refractivity contribution is -0.161. The second-order valence-electron chi connectivity index (χ2n) is 3.03. The van der Waals surface area contributed by atoms with Gasteiger partial charge in [0.05, 0.1) is 12.2 Å². The topological polar surface area (TPSA) is 46.5 Å². The summed E-state index contributed by atoms with van der Waals surface area (Å²) in [6.07, 6.45) is 2.85. The fraction of sp³-hybridized carbons (Fsp3) is 0.875. The van der Waals surface area contributed by atoms with Gasteiger partial charge in [-0.05, 0) is 19.3 Å². The Morgan fingerprint density at radius 1 is 1.73 bits per heavy atom. The van der Waals surface area contributed by atoms with Crippen molar-refractivity contribution in [2.75, 3.05) is 6.61 Å². The third-order valence-corrected chi connectivity index (χ3v) is 2.40. The quantitative estimate of drug-likeness (QED) is 0.673. The van der Waals surface area contributed by atoms with Crippen LogP contribution in [0.2, 0.25) is 0 Å². The van der Waals surface area contributed by atoms with Crippen molar-refractivity contribution in [1.29, 1.82) is 0 Å². The Kier molecular flexibility index (Phi) is 2.49. The minimum atomic E-state index is -0.728. The first-order valence-corrected chi connectivity index (χ1v) is 4.04. The molecule has 3 nitrogen and oxygen atoms in total. The molecule has 0 aromatic rings. The molecule has 0 radical (unpaired) electrons. The molecular weight excluding hydrogens is 144 g/mol. The van der Waals surface area contributed by atoms with E-state index in [4.69, 9.17) is 9.84 Å². The molecule has 1 fully saturated rings. The highest BCUT2D eigenvalue weighted by Gasteiger charge is 2.36. The Morgan fingerprint density at radius 3 is 2.64 bits per heavy atom. The van der Waals surface area contributed by atoms with Crippen LogP contribution in [0.5, 0.6) is 0 Å². The summed E-state index contributed by atoms with van der Waals surface area (Å²) in [7, 11) is 0. The van der Waals surface area contributed by atoms with E-state index in [-0.39, 0.29) is 12.0 Å². The average Bonchev–Trinajstić information content (AvgIpc) is 1.86. The standard InChI is InChI=1S/C8H14O3/c1-2-8(5-6-11-8)4-3-7(9)10/h2-6H2,1H3,(H,9,10). The molecule has 1 N–H and O–H groups in total. The third-order valence-electron chi connectivity index (χ3n) is 2.40. The fourth-order valence-corrected chi connectivity index (χ4v) is 1.38. The van der Waals surface area contributed by atoms with Gasteiger partial charge >= 0.3 is 5.97 Å². The Hall–Kier alpha value is -0.570. The van der Waals surface area contributed by atoms with Crippen LogP contribution in [0.3, 0.4) is 0 Å². The summed E-state index contributed by atoms with van der Waals surface area (Å²) >= 11 is 0. The van der Waals surface area contributed by atoms with Crippen LogP contribution in [0.15, 0.2) is 0 Å². The van der Waals surface area contributed by atoms with Crippen LogP contribution in [0, 0.1) is 0 Å². The van der Waals surface area contributed by atoms with Gasteiger partial charge in [-0.15, -0.1) is 0 Å². The maximum Gasteiger partial charge on any atom is 0.303 e. The van der Waals surface area contributed by atoms with Crippen LogP contribution in [-0.4, -0.2) is 23.3 Å². The van der Waals surface area contributed by atoms with Crippen LogP contribution in [-0.2, 0) is 9.53 Å². The summed E-state index contributed by atoms with van der Waals surface area (Å²) in [5, 5.41) is 8.44. The van der Waals surface area contributed by atoms with E-state index in [9.17, 15) is 4.79 Å². The van der Waals surface area contributed by atoms with Gasteiger partial charge in [0.2, 0.25) is 0 Å². The van der Waals surface area contributed by atoms with Crippen LogP contribution >= 0.6 is 0 Å². The van der Waals surface area contributed by atoms with E-state index in [0.717, 1.165) is 19.4 Å². The minimum Gasteiger partial charge on any atom is -0.481 e. The van der Waals surface area contributed by atoms with Gasteiger partial charge < -0.3 is 9.84 Å². The van der Waals surface area contributed by atoms with E-state index in [0.29, 0.717) is 6.42 Å². The fourth-order valence-electron chi connectivity index (χ4n) is 1.38. The number of rotatable bonds is 4. The summed E-state index contributed by atoms with van der Waals surface area (Å²) in [5.74, 6) is -0.728. The second-order valence-corrected chi connectivity index (χ2v) is 3.03. The Bertz CT molecular complexity index is 144. The van der Waals surface area contributed by atoms with E-state index in [1.54, 1.807) is 0 Å². The lowest BCUT2D eigenvalue weighted by atomic mass is 9.87. The molecule has 1 unspecified atom stereocenters. The van der Waals surface area contributed by atoms with Gasteiger partial charge in [0.15, 0.2) is 0 Å². The van der Waals surface area contributed by atoms with Crippen molar-refractivity contribution in [3.63, 3.8) is 0 Å². The molecule has 0 amide bonds. The monoisotopic (exact) mass is 158 g/mol. The number of aliphatic carboxylic acids is 1. The molecule has 0 aromatic carbocycles. The summed E-state index contributed by atoms with van der Waals surface area (Å²) < 4.78 is 5.35. The molecular formula is C8H14O3. The van der Waals surface area contributed by atoms with Crippen molar-refractivity contribution in [3.8, 4) is 0 Å². The van der Waals surface area contributed by atoms with Crippen molar-refractivity contribution < 1.29 is 14.6 Å². The molecule has 1 atom stereocenters. The van der Waals surface area contributed by atoms with Gasteiger partial charge in [0.1, 0.15) is 0 Å². The highest BCUT2D eigenvalue weighted by molar-refractivity contribution is 5.66. The summed E-state index contributed by atoms with van der Waals surface area (Å²) in [6.45, 7) is 2.84. The highest BCUT2D eigenvalue weighted by Crippen LogP contribution is 2.34.